The Morgan fingerprint density at radius 1 is 1.07 bits per heavy atom. The summed E-state index contributed by atoms with van der Waals surface area (Å²) in [5.41, 5.74) is 1.03. The predicted octanol–water partition coefficient (Wildman–Crippen LogP) is 2.35. The molecule has 1 aliphatic rings. The van der Waals surface area contributed by atoms with E-state index in [1.54, 1.807) is 42.5 Å². The van der Waals surface area contributed by atoms with Crippen molar-refractivity contribution < 1.29 is 23.8 Å². The van der Waals surface area contributed by atoms with Gasteiger partial charge in [-0.3, -0.25) is 9.59 Å². The van der Waals surface area contributed by atoms with Gasteiger partial charge in [0.15, 0.2) is 16.9 Å². The molecule has 0 saturated carbocycles. The third-order valence-electron chi connectivity index (χ3n) is 4.94. The van der Waals surface area contributed by atoms with Crippen molar-refractivity contribution in [2.45, 2.75) is 6.04 Å². The zero-order valence-corrected chi connectivity index (χ0v) is 15.5. The van der Waals surface area contributed by atoms with E-state index in [1.807, 2.05) is 0 Å². The van der Waals surface area contributed by atoms with Gasteiger partial charge in [-0.2, -0.15) is 0 Å². The number of fused-ring (bicyclic) bond motifs is 2. The van der Waals surface area contributed by atoms with Gasteiger partial charge in [0.25, 0.3) is 5.91 Å². The van der Waals surface area contributed by atoms with Crippen molar-refractivity contribution in [2.75, 3.05) is 27.4 Å². The highest BCUT2D eigenvalue weighted by Crippen LogP contribution is 2.40. The zero-order chi connectivity index (χ0) is 19.8. The molecule has 1 atom stereocenters. The Bertz CT molecular complexity index is 1120. The molecule has 7 heteroatoms. The molecule has 0 radical (unpaired) electrons. The number of amides is 1. The summed E-state index contributed by atoms with van der Waals surface area (Å²) in [6.07, 6.45) is 0. The van der Waals surface area contributed by atoms with E-state index in [1.165, 1.54) is 19.1 Å². The number of hydrogen-bond acceptors (Lipinski definition) is 6. The standard InChI is InChI=1S/C21H19NO6/c1-26-15-8-7-12(11-16(15)27-2)18-17-19(24)13-5-3-4-6-14(13)28-20(17)21(25)22(18)9-10-23/h3-8,11,18,23H,9-10H2,1-2H3. The molecule has 144 valence electrons. The number of hydrogen-bond donors (Lipinski definition) is 1. The average molecular weight is 381 g/mol. The van der Waals surface area contributed by atoms with Gasteiger partial charge in [0.2, 0.25) is 5.76 Å². The molecule has 28 heavy (non-hydrogen) atoms. The third kappa shape index (κ3) is 2.63. The fourth-order valence-corrected chi connectivity index (χ4v) is 3.67. The first-order valence-electron chi connectivity index (χ1n) is 8.80. The molecule has 1 aromatic heterocycles. The number of rotatable bonds is 5. The average Bonchev–Trinajstić information content (AvgIpc) is 3.00. The summed E-state index contributed by atoms with van der Waals surface area (Å²) in [6, 6.07) is 11.4. The lowest BCUT2D eigenvalue weighted by Gasteiger charge is -2.24. The summed E-state index contributed by atoms with van der Waals surface area (Å²) in [4.78, 5) is 27.6. The van der Waals surface area contributed by atoms with Crippen LogP contribution in [0.4, 0.5) is 0 Å². The molecule has 0 aliphatic carbocycles. The van der Waals surface area contributed by atoms with E-state index in [0.717, 1.165) is 0 Å². The van der Waals surface area contributed by atoms with E-state index in [0.29, 0.717) is 28.0 Å². The van der Waals surface area contributed by atoms with Crippen LogP contribution in [0.15, 0.2) is 51.7 Å². The lowest BCUT2D eigenvalue weighted by atomic mass is 9.98. The van der Waals surface area contributed by atoms with Crippen LogP contribution in [0.1, 0.15) is 27.7 Å². The van der Waals surface area contributed by atoms with Gasteiger partial charge in [0.1, 0.15) is 5.58 Å². The molecule has 0 spiro atoms. The highest BCUT2D eigenvalue weighted by atomic mass is 16.5. The van der Waals surface area contributed by atoms with Crippen LogP contribution in [0.25, 0.3) is 11.0 Å². The fraction of sp³-hybridized carbons (Fsp3) is 0.238. The monoisotopic (exact) mass is 381 g/mol. The molecule has 1 amide bonds. The molecular weight excluding hydrogens is 362 g/mol. The molecule has 0 fully saturated rings. The van der Waals surface area contributed by atoms with Crippen LogP contribution < -0.4 is 14.9 Å². The summed E-state index contributed by atoms with van der Waals surface area (Å²) >= 11 is 0. The molecule has 1 unspecified atom stereocenters. The van der Waals surface area contributed by atoms with Crippen molar-refractivity contribution >= 4 is 16.9 Å². The smallest absolute Gasteiger partial charge is 0.290 e. The van der Waals surface area contributed by atoms with Crippen LogP contribution in [-0.4, -0.2) is 43.3 Å². The molecule has 4 rings (SSSR count). The van der Waals surface area contributed by atoms with Gasteiger partial charge in [-0.15, -0.1) is 0 Å². The lowest BCUT2D eigenvalue weighted by Crippen LogP contribution is -2.32. The van der Waals surface area contributed by atoms with Gasteiger partial charge in [0, 0.05) is 6.54 Å². The van der Waals surface area contributed by atoms with Crippen LogP contribution in [0, 0.1) is 0 Å². The quantitative estimate of drug-likeness (QED) is 0.730. The van der Waals surface area contributed by atoms with Crippen LogP contribution in [0.5, 0.6) is 11.5 Å². The third-order valence-corrected chi connectivity index (χ3v) is 4.94. The van der Waals surface area contributed by atoms with Gasteiger partial charge < -0.3 is 23.9 Å². The Morgan fingerprint density at radius 2 is 1.82 bits per heavy atom. The van der Waals surface area contributed by atoms with Crippen LogP contribution >= 0.6 is 0 Å². The maximum atomic E-state index is 13.2. The first-order valence-corrected chi connectivity index (χ1v) is 8.80. The minimum absolute atomic E-state index is 0.0111. The van der Waals surface area contributed by atoms with Gasteiger partial charge in [-0.25, -0.2) is 0 Å². The number of methoxy groups -OCH3 is 2. The zero-order valence-electron chi connectivity index (χ0n) is 15.5. The second-order valence-corrected chi connectivity index (χ2v) is 6.41. The van der Waals surface area contributed by atoms with E-state index < -0.39 is 11.9 Å². The first-order chi connectivity index (χ1) is 13.6. The SMILES string of the molecule is COc1ccc(C2c3c(oc4ccccc4c3=O)C(=O)N2CCO)cc1OC. The molecule has 7 nitrogen and oxygen atoms in total. The summed E-state index contributed by atoms with van der Waals surface area (Å²) in [5.74, 6) is 0.605. The minimum atomic E-state index is -0.685. The molecule has 2 aromatic carbocycles. The van der Waals surface area contributed by atoms with Crippen LogP contribution in [-0.2, 0) is 0 Å². The van der Waals surface area contributed by atoms with Gasteiger partial charge in [-0.1, -0.05) is 18.2 Å². The number of nitrogens with zero attached hydrogens (tertiary/aromatic N) is 1. The van der Waals surface area contributed by atoms with Gasteiger partial charge in [0.05, 0.1) is 37.8 Å². The highest BCUT2D eigenvalue weighted by molar-refractivity contribution is 5.99. The van der Waals surface area contributed by atoms with Gasteiger partial charge in [-0.05, 0) is 29.8 Å². The molecule has 2 heterocycles. The number of ether oxygens (including phenoxy) is 2. The molecule has 0 bridgehead atoms. The summed E-state index contributed by atoms with van der Waals surface area (Å²) < 4.78 is 16.4. The van der Waals surface area contributed by atoms with Crippen LogP contribution in [0.2, 0.25) is 0 Å². The second kappa shape index (κ2) is 7.01. The Morgan fingerprint density at radius 3 is 2.54 bits per heavy atom. The van der Waals surface area contributed by atoms with E-state index in [-0.39, 0.29) is 29.9 Å². The van der Waals surface area contributed by atoms with Crippen molar-refractivity contribution in [2.24, 2.45) is 0 Å². The molecule has 0 saturated heterocycles. The number of benzene rings is 2. The maximum absolute atomic E-state index is 13.2. The summed E-state index contributed by atoms with van der Waals surface area (Å²) in [7, 11) is 3.05. The minimum Gasteiger partial charge on any atom is -0.493 e. The largest absolute Gasteiger partial charge is 0.493 e. The summed E-state index contributed by atoms with van der Waals surface area (Å²) in [5, 5.41) is 9.89. The normalized spacial score (nSPS) is 15.8. The number of carbonyl (C=O) groups is 1. The van der Waals surface area contributed by atoms with Crippen molar-refractivity contribution in [1.29, 1.82) is 0 Å². The number of β-amino-alcohol motifs (C(OH)–C–C–N with tert-alkyl or cyclic N) is 1. The van der Waals surface area contributed by atoms with Crippen molar-refractivity contribution in [1.82, 2.24) is 4.90 Å². The fourth-order valence-electron chi connectivity index (χ4n) is 3.67. The number of aliphatic hydroxyl groups is 1. The first kappa shape index (κ1) is 18.1. The molecule has 3 aromatic rings. The Hall–Kier alpha value is -3.32. The maximum Gasteiger partial charge on any atom is 0.290 e. The van der Waals surface area contributed by atoms with Gasteiger partial charge >= 0.3 is 0 Å². The Kier molecular flexibility index (Phi) is 4.52. The molecule has 1 N–H and O–H groups in total. The highest BCUT2D eigenvalue weighted by Gasteiger charge is 2.42. The number of aliphatic hydroxyl groups excluding tert-OH is 1. The number of para-hydroxylation sites is 1. The van der Waals surface area contributed by atoms with Crippen molar-refractivity contribution in [3.63, 3.8) is 0 Å². The lowest BCUT2D eigenvalue weighted by molar-refractivity contribution is 0.0691. The van der Waals surface area contributed by atoms with Crippen LogP contribution in [0.3, 0.4) is 0 Å². The second-order valence-electron chi connectivity index (χ2n) is 6.41. The van der Waals surface area contributed by atoms with E-state index >= 15 is 0 Å². The van der Waals surface area contributed by atoms with Crippen molar-refractivity contribution in [3.05, 3.63) is 69.6 Å². The molecule has 1 aliphatic heterocycles. The Balaban J connectivity index is 1.98. The predicted molar refractivity (Wildman–Crippen MR) is 102 cm³/mol. The molecular formula is C21H19NO6. The van der Waals surface area contributed by atoms with E-state index in [4.69, 9.17) is 13.9 Å². The van der Waals surface area contributed by atoms with E-state index in [2.05, 4.69) is 0 Å². The Labute approximate surface area is 160 Å². The van der Waals surface area contributed by atoms with Crippen molar-refractivity contribution in [3.8, 4) is 11.5 Å². The summed E-state index contributed by atoms with van der Waals surface area (Å²) in [6.45, 7) is -0.172. The van der Waals surface area contributed by atoms with E-state index in [9.17, 15) is 14.7 Å². The number of carbonyl (C=O) groups excluding carboxylic acids is 1. The topological polar surface area (TPSA) is 89.2 Å².